The third-order valence-corrected chi connectivity index (χ3v) is 5.38. The average molecular weight is 435 g/mol. The van der Waals surface area contributed by atoms with Gasteiger partial charge in [0.2, 0.25) is 0 Å². The number of carbonyl (C=O) groups is 1. The van der Waals surface area contributed by atoms with E-state index in [9.17, 15) is 4.79 Å². The molecule has 0 atom stereocenters. The number of nitrogens with zero attached hydrogens (tertiary/aromatic N) is 4. The largest absolute Gasteiger partial charge is 0.319 e. The number of hydrogen-bond donors (Lipinski definition) is 2. The van der Waals surface area contributed by atoms with Crippen molar-refractivity contribution in [3.63, 3.8) is 0 Å². The first-order valence-electron chi connectivity index (χ1n) is 10.5. The normalized spacial score (nSPS) is 11.3. The molecule has 7 heteroatoms. The number of carbonyl (C=O) groups excluding carboxylic acids is 1. The lowest BCUT2D eigenvalue weighted by Crippen LogP contribution is -2.14. The molecule has 5 rings (SSSR count). The Morgan fingerprint density at radius 3 is 2.64 bits per heavy atom. The van der Waals surface area contributed by atoms with Gasteiger partial charge in [-0.05, 0) is 53.6 Å². The minimum absolute atomic E-state index is 0.578. The van der Waals surface area contributed by atoms with Crippen molar-refractivity contribution in [2.75, 3.05) is 0 Å². The van der Waals surface area contributed by atoms with E-state index in [1.165, 1.54) is 6.08 Å². The lowest BCUT2D eigenvalue weighted by Gasteiger charge is -2.11. The van der Waals surface area contributed by atoms with Crippen LogP contribution in [0.1, 0.15) is 11.1 Å². The summed E-state index contributed by atoms with van der Waals surface area (Å²) in [5.41, 5.74) is 7.48. The van der Waals surface area contributed by atoms with Gasteiger partial charge in [0.1, 0.15) is 5.82 Å². The summed E-state index contributed by atoms with van der Waals surface area (Å²) < 4.78 is 4.03. The second-order valence-corrected chi connectivity index (χ2v) is 7.56. The van der Waals surface area contributed by atoms with Crippen molar-refractivity contribution in [2.24, 2.45) is 0 Å². The van der Waals surface area contributed by atoms with Crippen LogP contribution in [-0.4, -0.2) is 30.4 Å². The second-order valence-electron chi connectivity index (χ2n) is 7.56. The maximum Gasteiger partial charge on any atom is 0.267 e. The van der Waals surface area contributed by atoms with Crippen LogP contribution in [0.4, 0.5) is 0 Å². The molecule has 162 valence electrons. The summed E-state index contributed by atoms with van der Waals surface area (Å²) in [6.45, 7) is 0.655. The van der Waals surface area contributed by atoms with Crippen molar-refractivity contribution in [1.82, 2.24) is 24.8 Å². The molecule has 2 N–H and O–H groups in total. The number of imidazole rings is 1. The van der Waals surface area contributed by atoms with Gasteiger partial charge in [-0.3, -0.25) is 10.0 Å². The summed E-state index contributed by atoms with van der Waals surface area (Å²) in [4.78, 5) is 16.2. The highest BCUT2D eigenvalue weighted by Crippen LogP contribution is 2.27. The van der Waals surface area contributed by atoms with E-state index in [1.54, 1.807) is 17.8 Å². The van der Waals surface area contributed by atoms with Gasteiger partial charge in [0, 0.05) is 30.6 Å². The fraction of sp³-hybridized carbons (Fsp3) is 0.0385. The van der Waals surface area contributed by atoms with E-state index >= 15 is 0 Å². The summed E-state index contributed by atoms with van der Waals surface area (Å²) in [5, 5.41) is 13.0. The standard InChI is InChI=1S/C26H21N5O2/c32-25(29-33)14-11-19-5-3-6-21(17-19)26-28-23-7-1-2-8-24(23)30(26)18-20-9-12-22(13-10-20)31-16-4-15-27-31/h1-17,33H,18H2,(H,29,32)/b14-11+. The molecule has 0 spiro atoms. The van der Waals surface area contributed by atoms with Gasteiger partial charge in [-0.1, -0.05) is 42.5 Å². The quantitative estimate of drug-likeness (QED) is 0.234. The maximum atomic E-state index is 11.3. The third-order valence-electron chi connectivity index (χ3n) is 5.38. The Morgan fingerprint density at radius 1 is 1.00 bits per heavy atom. The smallest absolute Gasteiger partial charge is 0.267 e. The lowest BCUT2D eigenvalue weighted by molar-refractivity contribution is -0.124. The number of hydroxylamine groups is 1. The van der Waals surface area contributed by atoms with Crippen LogP contribution in [0.5, 0.6) is 0 Å². The van der Waals surface area contributed by atoms with Crippen molar-refractivity contribution >= 4 is 23.0 Å². The molecule has 0 aliphatic carbocycles. The van der Waals surface area contributed by atoms with Crippen LogP contribution in [0.2, 0.25) is 0 Å². The van der Waals surface area contributed by atoms with Crippen molar-refractivity contribution < 1.29 is 10.0 Å². The molecule has 0 aliphatic rings. The number of amides is 1. The Hall–Kier alpha value is -4.49. The van der Waals surface area contributed by atoms with E-state index in [2.05, 4.69) is 40.0 Å². The first-order valence-corrected chi connectivity index (χ1v) is 10.5. The Kier molecular flexibility index (Phi) is 5.53. The van der Waals surface area contributed by atoms with Crippen LogP contribution in [0.25, 0.3) is 34.2 Å². The number of para-hydroxylation sites is 2. The second kappa shape index (κ2) is 8.94. The predicted octanol–water partition coefficient (Wildman–Crippen LogP) is 4.46. The minimum atomic E-state index is -0.578. The summed E-state index contributed by atoms with van der Waals surface area (Å²) >= 11 is 0. The van der Waals surface area contributed by atoms with E-state index < -0.39 is 5.91 Å². The van der Waals surface area contributed by atoms with Gasteiger partial charge in [0.15, 0.2) is 0 Å². The van der Waals surface area contributed by atoms with Crippen LogP contribution >= 0.6 is 0 Å². The first-order chi connectivity index (χ1) is 16.2. The highest BCUT2D eigenvalue weighted by Gasteiger charge is 2.13. The van der Waals surface area contributed by atoms with Crippen LogP contribution in [0, 0.1) is 0 Å². The molecule has 0 fully saturated rings. The van der Waals surface area contributed by atoms with Gasteiger partial charge in [-0.25, -0.2) is 15.1 Å². The zero-order chi connectivity index (χ0) is 22.6. The molecule has 0 radical (unpaired) electrons. The van der Waals surface area contributed by atoms with Gasteiger partial charge in [-0.15, -0.1) is 0 Å². The highest BCUT2D eigenvalue weighted by atomic mass is 16.5. The molecule has 0 unspecified atom stereocenters. The maximum absolute atomic E-state index is 11.3. The Balaban J connectivity index is 1.52. The summed E-state index contributed by atoms with van der Waals surface area (Å²) in [7, 11) is 0. The average Bonchev–Trinajstić information content (AvgIpc) is 3.52. The Morgan fingerprint density at radius 2 is 1.85 bits per heavy atom. The molecular weight excluding hydrogens is 414 g/mol. The van der Waals surface area contributed by atoms with E-state index in [0.717, 1.165) is 39.2 Å². The zero-order valence-electron chi connectivity index (χ0n) is 17.7. The molecule has 0 saturated heterocycles. The van der Waals surface area contributed by atoms with Crippen LogP contribution in [0.3, 0.4) is 0 Å². The van der Waals surface area contributed by atoms with Gasteiger partial charge in [0.25, 0.3) is 5.91 Å². The minimum Gasteiger partial charge on any atom is -0.319 e. The number of benzene rings is 3. The number of fused-ring (bicyclic) bond motifs is 1. The lowest BCUT2D eigenvalue weighted by atomic mass is 10.1. The first kappa shape index (κ1) is 20.4. The highest BCUT2D eigenvalue weighted by molar-refractivity contribution is 5.91. The van der Waals surface area contributed by atoms with Crippen molar-refractivity contribution in [3.8, 4) is 17.1 Å². The molecule has 3 aromatic carbocycles. The van der Waals surface area contributed by atoms with Crippen LogP contribution in [-0.2, 0) is 11.3 Å². The number of nitrogens with one attached hydrogen (secondary N) is 1. The summed E-state index contributed by atoms with van der Waals surface area (Å²) in [6, 6.07) is 26.1. The molecular formula is C26H21N5O2. The molecule has 0 bridgehead atoms. The molecule has 2 aromatic heterocycles. The van der Waals surface area contributed by atoms with E-state index in [-0.39, 0.29) is 0 Å². The van der Waals surface area contributed by atoms with E-state index in [4.69, 9.17) is 10.2 Å². The van der Waals surface area contributed by atoms with Crippen molar-refractivity contribution in [1.29, 1.82) is 0 Å². The molecule has 2 heterocycles. The van der Waals surface area contributed by atoms with E-state index in [0.29, 0.717) is 6.54 Å². The summed E-state index contributed by atoms with van der Waals surface area (Å²) in [6.07, 6.45) is 6.61. The number of hydrogen-bond acceptors (Lipinski definition) is 4. The monoisotopic (exact) mass is 435 g/mol. The van der Waals surface area contributed by atoms with Gasteiger partial charge in [-0.2, -0.15) is 5.10 Å². The van der Waals surface area contributed by atoms with Crippen molar-refractivity contribution in [2.45, 2.75) is 6.54 Å². The third kappa shape index (κ3) is 4.30. The fourth-order valence-electron chi connectivity index (χ4n) is 3.80. The molecule has 5 aromatic rings. The van der Waals surface area contributed by atoms with Gasteiger partial charge >= 0.3 is 0 Å². The number of aromatic nitrogens is 4. The van der Waals surface area contributed by atoms with Crippen molar-refractivity contribution in [3.05, 3.63) is 108 Å². The molecule has 1 amide bonds. The Bertz CT molecular complexity index is 1430. The molecule has 0 saturated carbocycles. The molecule has 0 aliphatic heterocycles. The zero-order valence-corrected chi connectivity index (χ0v) is 17.7. The fourth-order valence-corrected chi connectivity index (χ4v) is 3.80. The SMILES string of the molecule is O=C(/C=C/c1cccc(-c2nc3ccccc3n2Cc2ccc(-n3cccn3)cc2)c1)NO. The Labute approximate surface area is 190 Å². The van der Waals surface area contributed by atoms with Gasteiger partial charge in [0.05, 0.1) is 16.7 Å². The predicted molar refractivity (Wildman–Crippen MR) is 127 cm³/mol. The van der Waals surface area contributed by atoms with Crippen LogP contribution in [0.15, 0.2) is 97.3 Å². The summed E-state index contributed by atoms with van der Waals surface area (Å²) in [5.74, 6) is 0.264. The van der Waals surface area contributed by atoms with E-state index in [1.807, 2.05) is 59.4 Å². The number of rotatable bonds is 6. The van der Waals surface area contributed by atoms with Crippen LogP contribution < -0.4 is 5.48 Å². The van der Waals surface area contributed by atoms with Gasteiger partial charge < -0.3 is 4.57 Å². The molecule has 7 nitrogen and oxygen atoms in total. The molecule has 33 heavy (non-hydrogen) atoms. The topological polar surface area (TPSA) is 85.0 Å².